The van der Waals surface area contributed by atoms with Gasteiger partial charge < -0.3 is 9.47 Å². The lowest BCUT2D eigenvalue weighted by Crippen LogP contribution is -2.39. The molecular weight excluding hydrogens is 456 g/mol. The lowest BCUT2D eigenvalue weighted by Gasteiger charge is -2.24. The Kier molecular flexibility index (Phi) is 6.85. The van der Waals surface area contributed by atoms with Crippen LogP contribution in [0.15, 0.2) is 74.5 Å². The van der Waals surface area contributed by atoms with Gasteiger partial charge in [0, 0.05) is 4.90 Å². The summed E-state index contributed by atoms with van der Waals surface area (Å²) in [4.78, 5) is 32.8. The van der Waals surface area contributed by atoms with Crippen LogP contribution in [0, 0.1) is 0 Å². The molecule has 4 rings (SSSR count). The number of methoxy groups -OCH3 is 1. The van der Waals surface area contributed by atoms with Gasteiger partial charge in [-0.2, -0.15) is 0 Å². The first-order valence-electron chi connectivity index (χ1n) is 10.4. The number of thiazole rings is 1. The van der Waals surface area contributed by atoms with Gasteiger partial charge in [-0.15, -0.1) is 11.8 Å². The molecule has 0 aliphatic carbocycles. The number of carbonyl (C=O) groups is 1. The molecule has 1 aromatic heterocycles. The van der Waals surface area contributed by atoms with Crippen LogP contribution in [0.4, 0.5) is 0 Å². The van der Waals surface area contributed by atoms with Gasteiger partial charge in [0.25, 0.3) is 5.56 Å². The molecule has 0 saturated carbocycles. The van der Waals surface area contributed by atoms with Crippen molar-refractivity contribution in [2.24, 2.45) is 4.99 Å². The standard InChI is InChI=1S/C25H24N2O4S2/c1-5-31-24(29)21-15(2)26-25-27(22(21)17-9-11-19(32-4)12-10-17)23(28)20(33-25)14-16-7-6-8-18(13-16)30-3/h6-14,22H,5H2,1-4H3/b20-14+/t22-/m1/s1. The Morgan fingerprint density at radius 3 is 2.67 bits per heavy atom. The summed E-state index contributed by atoms with van der Waals surface area (Å²) in [6.45, 7) is 3.79. The summed E-state index contributed by atoms with van der Waals surface area (Å²) in [5.41, 5.74) is 2.42. The van der Waals surface area contributed by atoms with Crippen LogP contribution in [-0.2, 0) is 9.53 Å². The molecule has 2 heterocycles. The van der Waals surface area contributed by atoms with E-state index in [1.54, 1.807) is 37.3 Å². The minimum Gasteiger partial charge on any atom is -0.497 e. The Bertz CT molecular complexity index is 1400. The normalized spacial score (nSPS) is 15.8. The van der Waals surface area contributed by atoms with Gasteiger partial charge >= 0.3 is 5.97 Å². The van der Waals surface area contributed by atoms with Gasteiger partial charge in [-0.05, 0) is 61.6 Å². The number of aromatic nitrogens is 1. The maximum absolute atomic E-state index is 13.6. The van der Waals surface area contributed by atoms with E-state index in [9.17, 15) is 9.59 Å². The summed E-state index contributed by atoms with van der Waals surface area (Å²) in [5, 5.41) is 0. The fourth-order valence-corrected chi connectivity index (χ4v) is 5.23. The highest BCUT2D eigenvalue weighted by molar-refractivity contribution is 7.98. The highest BCUT2D eigenvalue weighted by atomic mass is 32.2. The number of hydrogen-bond donors (Lipinski definition) is 0. The Morgan fingerprint density at radius 2 is 2.00 bits per heavy atom. The monoisotopic (exact) mass is 480 g/mol. The fourth-order valence-electron chi connectivity index (χ4n) is 3.78. The quantitative estimate of drug-likeness (QED) is 0.399. The van der Waals surface area contributed by atoms with Gasteiger partial charge in [-0.3, -0.25) is 9.36 Å². The van der Waals surface area contributed by atoms with E-state index in [1.807, 2.05) is 60.9 Å². The van der Waals surface area contributed by atoms with E-state index in [1.165, 1.54) is 11.3 Å². The Hall–Kier alpha value is -3.10. The first-order valence-corrected chi connectivity index (χ1v) is 12.5. The molecule has 2 aromatic carbocycles. The third-order valence-electron chi connectivity index (χ3n) is 5.34. The molecular formula is C25H24N2O4S2. The van der Waals surface area contributed by atoms with Gasteiger partial charge in [0.05, 0.1) is 35.6 Å². The maximum atomic E-state index is 13.6. The van der Waals surface area contributed by atoms with Crippen LogP contribution in [-0.4, -0.2) is 30.5 Å². The summed E-state index contributed by atoms with van der Waals surface area (Å²) < 4.78 is 12.8. The molecule has 0 fully saturated rings. The Morgan fingerprint density at radius 1 is 1.24 bits per heavy atom. The summed E-state index contributed by atoms with van der Waals surface area (Å²) in [6.07, 6.45) is 3.83. The van der Waals surface area contributed by atoms with Gasteiger partial charge in [0.1, 0.15) is 5.75 Å². The molecule has 3 aromatic rings. The molecule has 0 unspecified atom stereocenters. The van der Waals surface area contributed by atoms with Crippen molar-refractivity contribution >= 4 is 35.1 Å². The van der Waals surface area contributed by atoms with E-state index in [-0.39, 0.29) is 12.2 Å². The first-order chi connectivity index (χ1) is 16.0. The number of rotatable bonds is 6. The van der Waals surface area contributed by atoms with Crippen LogP contribution in [0.3, 0.4) is 0 Å². The van der Waals surface area contributed by atoms with Crippen molar-refractivity contribution in [1.82, 2.24) is 4.57 Å². The zero-order valence-corrected chi connectivity index (χ0v) is 20.5. The highest BCUT2D eigenvalue weighted by Gasteiger charge is 2.33. The lowest BCUT2D eigenvalue weighted by atomic mass is 9.96. The van der Waals surface area contributed by atoms with Crippen LogP contribution in [0.2, 0.25) is 0 Å². The second kappa shape index (κ2) is 9.80. The molecule has 6 nitrogen and oxygen atoms in total. The number of allylic oxidation sites excluding steroid dienone is 1. The molecule has 0 amide bonds. The van der Waals surface area contributed by atoms with Crippen LogP contribution in [0.25, 0.3) is 6.08 Å². The van der Waals surface area contributed by atoms with E-state index < -0.39 is 12.0 Å². The SMILES string of the molecule is CCOC(=O)C1=C(C)N=c2s/c(=C/c3cccc(OC)c3)c(=O)n2[C@@H]1c1ccc(SC)cc1. The third kappa shape index (κ3) is 4.54. The zero-order chi connectivity index (χ0) is 23.5. The van der Waals surface area contributed by atoms with Crippen LogP contribution in [0.1, 0.15) is 31.0 Å². The fraction of sp³-hybridized carbons (Fsp3) is 0.240. The number of benzene rings is 2. The highest BCUT2D eigenvalue weighted by Crippen LogP contribution is 2.31. The molecule has 0 bridgehead atoms. The molecule has 1 atom stereocenters. The van der Waals surface area contributed by atoms with Crippen molar-refractivity contribution < 1.29 is 14.3 Å². The predicted molar refractivity (Wildman–Crippen MR) is 132 cm³/mol. The van der Waals surface area contributed by atoms with E-state index >= 15 is 0 Å². The van der Waals surface area contributed by atoms with E-state index in [0.717, 1.165) is 16.0 Å². The second-order valence-electron chi connectivity index (χ2n) is 7.35. The Balaban J connectivity index is 1.93. The average Bonchev–Trinajstić information content (AvgIpc) is 3.12. The molecule has 8 heteroatoms. The van der Waals surface area contributed by atoms with Crippen molar-refractivity contribution in [3.63, 3.8) is 0 Å². The smallest absolute Gasteiger partial charge is 0.338 e. The number of hydrogen-bond acceptors (Lipinski definition) is 7. The molecule has 0 radical (unpaired) electrons. The number of nitrogens with zero attached hydrogens (tertiary/aromatic N) is 2. The number of thioether (sulfide) groups is 1. The molecule has 0 spiro atoms. The van der Waals surface area contributed by atoms with Crippen molar-refractivity contribution in [2.45, 2.75) is 24.8 Å². The number of carbonyl (C=O) groups excluding carboxylic acids is 1. The minimum atomic E-state index is -0.608. The van der Waals surface area contributed by atoms with Crippen LogP contribution < -0.4 is 19.6 Å². The third-order valence-corrected chi connectivity index (χ3v) is 7.07. The van der Waals surface area contributed by atoms with Crippen molar-refractivity contribution in [3.8, 4) is 5.75 Å². The second-order valence-corrected chi connectivity index (χ2v) is 9.24. The molecule has 1 aliphatic heterocycles. The largest absolute Gasteiger partial charge is 0.497 e. The summed E-state index contributed by atoms with van der Waals surface area (Å²) in [7, 11) is 1.61. The zero-order valence-electron chi connectivity index (χ0n) is 18.8. The molecule has 0 N–H and O–H groups in total. The van der Waals surface area contributed by atoms with Gasteiger partial charge in [-0.1, -0.05) is 35.6 Å². The maximum Gasteiger partial charge on any atom is 0.338 e. The van der Waals surface area contributed by atoms with Gasteiger partial charge in [-0.25, -0.2) is 9.79 Å². The van der Waals surface area contributed by atoms with E-state index in [0.29, 0.717) is 26.4 Å². The van der Waals surface area contributed by atoms with Crippen LogP contribution >= 0.6 is 23.1 Å². The Labute approximate surface area is 199 Å². The molecule has 1 aliphatic rings. The lowest BCUT2D eigenvalue weighted by molar-refractivity contribution is -0.139. The van der Waals surface area contributed by atoms with Gasteiger partial charge in [0.15, 0.2) is 4.80 Å². The predicted octanol–water partition coefficient (Wildman–Crippen LogP) is 3.53. The summed E-state index contributed by atoms with van der Waals surface area (Å²) in [6, 6.07) is 14.8. The van der Waals surface area contributed by atoms with Crippen molar-refractivity contribution in [3.05, 3.63) is 90.6 Å². The topological polar surface area (TPSA) is 69.9 Å². The number of esters is 1. The first kappa shape index (κ1) is 23.1. The summed E-state index contributed by atoms with van der Waals surface area (Å²) in [5.74, 6) is 0.253. The van der Waals surface area contributed by atoms with Gasteiger partial charge in [0.2, 0.25) is 0 Å². The van der Waals surface area contributed by atoms with Crippen LogP contribution in [0.5, 0.6) is 5.75 Å². The minimum absolute atomic E-state index is 0.199. The van der Waals surface area contributed by atoms with E-state index in [2.05, 4.69) is 4.99 Å². The molecule has 0 saturated heterocycles. The average molecular weight is 481 g/mol. The van der Waals surface area contributed by atoms with Crippen molar-refractivity contribution in [1.29, 1.82) is 0 Å². The number of fused-ring (bicyclic) bond motifs is 1. The molecule has 170 valence electrons. The molecule has 33 heavy (non-hydrogen) atoms. The summed E-state index contributed by atoms with van der Waals surface area (Å²) >= 11 is 2.94. The van der Waals surface area contributed by atoms with Crippen molar-refractivity contribution in [2.75, 3.05) is 20.0 Å². The van der Waals surface area contributed by atoms with E-state index in [4.69, 9.17) is 9.47 Å². The number of ether oxygens (including phenoxy) is 2.